The zero-order chi connectivity index (χ0) is 15.0. The Morgan fingerprint density at radius 1 is 1.55 bits per heavy atom. The van der Waals surface area contributed by atoms with E-state index in [9.17, 15) is 9.59 Å². The van der Waals surface area contributed by atoms with Crippen LogP contribution in [-0.4, -0.2) is 50.2 Å². The normalized spacial score (nSPS) is 11.9. The molecule has 1 atom stereocenters. The van der Waals surface area contributed by atoms with E-state index in [0.29, 0.717) is 5.69 Å². The van der Waals surface area contributed by atoms with Crippen molar-refractivity contribution in [3.05, 3.63) is 11.9 Å². The first-order valence-corrected chi connectivity index (χ1v) is 7.54. The number of hydrogen-bond donors (Lipinski definition) is 3. The zero-order valence-corrected chi connectivity index (χ0v) is 12.3. The van der Waals surface area contributed by atoms with Crippen LogP contribution in [0.15, 0.2) is 6.20 Å². The Morgan fingerprint density at radius 3 is 2.95 bits per heavy atom. The maximum atomic E-state index is 11.6. The highest BCUT2D eigenvalue weighted by atomic mass is 32.2. The van der Waals surface area contributed by atoms with E-state index < -0.39 is 5.97 Å². The Labute approximate surface area is 121 Å². The van der Waals surface area contributed by atoms with Crippen molar-refractivity contribution in [2.24, 2.45) is 0 Å². The van der Waals surface area contributed by atoms with E-state index in [1.807, 2.05) is 13.2 Å². The molecule has 1 unspecified atom stereocenters. The monoisotopic (exact) mass is 301 g/mol. The second-order valence-corrected chi connectivity index (χ2v) is 5.30. The fraction of sp³-hybridized carbons (Fsp3) is 0.636. The molecule has 112 valence electrons. The number of carboxylic acid groups (broad SMARTS) is 1. The summed E-state index contributed by atoms with van der Waals surface area (Å²) < 4.78 is 1.21. The molecule has 0 aromatic carbocycles. The number of rotatable bonds is 8. The molecule has 0 saturated heterocycles. The number of nitrogens with one attached hydrogen (secondary N) is 2. The molecule has 0 aliphatic heterocycles. The quantitative estimate of drug-likeness (QED) is 0.637. The van der Waals surface area contributed by atoms with Crippen LogP contribution >= 0.6 is 11.8 Å². The molecule has 0 spiro atoms. The van der Waals surface area contributed by atoms with Gasteiger partial charge in [0.05, 0.1) is 12.7 Å². The first-order valence-electron chi connectivity index (χ1n) is 6.15. The van der Waals surface area contributed by atoms with Crippen LogP contribution in [0.5, 0.6) is 0 Å². The highest BCUT2D eigenvalue weighted by Crippen LogP contribution is 1.99. The maximum Gasteiger partial charge on any atom is 0.325 e. The number of carbonyl (C=O) groups excluding carboxylic acids is 1. The van der Waals surface area contributed by atoms with Crippen LogP contribution in [0.25, 0.3) is 0 Å². The van der Waals surface area contributed by atoms with Gasteiger partial charge < -0.3 is 15.7 Å². The summed E-state index contributed by atoms with van der Waals surface area (Å²) in [6.45, 7) is 1.91. The van der Waals surface area contributed by atoms with E-state index in [4.69, 9.17) is 5.11 Å². The minimum absolute atomic E-state index is 0.102. The smallest absolute Gasteiger partial charge is 0.325 e. The number of urea groups is 1. The van der Waals surface area contributed by atoms with E-state index in [2.05, 4.69) is 20.9 Å². The number of carboxylic acids is 1. The van der Waals surface area contributed by atoms with Crippen molar-refractivity contribution in [3.8, 4) is 0 Å². The van der Waals surface area contributed by atoms with Gasteiger partial charge in [-0.05, 0) is 25.4 Å². The average Bonchev–Trinajstić information content (AvgIpc) is 2.80. The standard InChI is InChI=1S/C11H19N5O3S/c1-8(3-4-20-2)13-11(19)12-5-9-6-16(15-14-9)7-10(17)18/h6,8H,3-5,7H2,1-2H3,(H,17,18)(H2,12,13,19). The first kappa shape index (κ1) is 16.3. The number of aromatic nitrogens is 3. The van der Waals surface area contributed by atoms with Crippen LogP contribution in [0.4, 0.5) is 4.79 Å². The second-order valence-electron chi connectivity index (χ2n) is 4.31. The number of hydrogen-bond acceptors (Lipinski definition) is 5. The summed E-state index contributed by atoms with van der Waals surface area (Å²) >= 11 is 1.73. The largest absolute Gasteiger partial charge is 0.480 e. The van der Waals surface area contributed by atoms with Crippen molar-refractivity contribution in [2.75, 3.05) is 12.0 Å². The Hall–Kier alpha value is -1.77. The van der Waals surface area contributed by atoms with Crippen molar-refractivity contribution in [1.29, 1.82) is 0 Å². The summed E-state index contributed by atoms with van der Waals surface area (Å²) in [5.74, 6) is 0.0000801. The molecule has 0 fully saturated rings. The van der Waals surface area contributed by atoms with Gasteiger partial charge in [0.15, 0.2) is 0 Å². The molecule has 20 heavy (non-hydrogen) atoms. The Kier molecular flexibility index (Phi) is 6.85. The van der Waals surface area contributed by atoms with Gasteiger partial charge in [-0.1, -0.05) is 5.21 Å². The highest BCUT2D eigenvalue weighted by molar-refractivity contribution is 7.98. The molecule has 0 aliphatic rings. The van der Waals surface area contributed by atoms with Crippen LogP contribution in [0.2, 0.25) is 0 Å². The van der Waals surface area contributed by atoms with E-state index in [1.54, 1.807) is 11.8 Å². The van der Waals surface area contributed by atoms with Crippen molar-refractivity contribution >= 4 is 23.8 Å². The zero-order valence-electron chi connectivity index (χ0n) is 11.5. The minimum atomic E-state index is -0.991. The van der Waals surface area contributed by atoms with Crippen LogP contribution in [-0.2, 0) is 17.9 Å². The van der Waals surface area contributed by atoms with Crippen molar-refractivity contribution < 1.29 is 14.7 Å². The van der Waals surface area contributed by atoms with Crippen molar-refractivity contribution in [1.82, 2.24) is 25.6 Å². The van der Waals surface area contributed by atoms with Crippen molar-refractivity contribution in [3.63, 3.8) is 0 Å². The fourth-order valence-electron chi connectivity index (χ4n) is 1.45. The van der Waals surface area contributed by atoms with E-state index in [0.717, 1.165) is 12.2 Å². The SMILES string of the molecule is CSCCC(C)NC(=O)NCc1cn(CC(=O)O)nn1. The molecule has 9 heteroatoms. The number of amides is 2. The van der Waals surface area contributed by atoms with Crippen LogP contribution in [0.3, 0.4) is 0 Å². The van der Waals surface area contributed by atoms with Gasteiger partial charge in [-0.2, -0.15) is 11.8 Å². The Morgan fingerprint density at radius 2 is 2.30 bits per heavy atom. The lowest BCUT2D eigenvalue weighted by Gasteiger charge is -2.13. The van der Waals surface area contributed by atoms with E-state index in [-0.39, 0.29) is 25.2 Å². The number of thioether (sulfide) groups is 1. The average molecular weight is 301 g/mol. The molecule has 1 rings (SSSR count). The lowest BCUT2D eigenvalue weighted by atomic mass is 10.3. The third-order valence-corrected chi connectivity index (χ3v) is 3.09. The topological polar surface area (TPSA) is 109 Å². The summed E-state index contributed by atoms with van der Waals surface area (Å²) in [4.78, 5) is 22.1. The van der Waals surface area contributed by atoms with Gasteiger partial charge in [-0.15, -0.1) is 5.10 Å². The molecule has 0 bridgehead atoms. The third kappa shape index (κ3) is 6.41. The number of aliphatic carboxylic acids is 1. The summed E-state index contributed by atoms with van der Waals surface area (Å²) in [6.07, 6.45) is 4.42. The van der Waals surface area contributed by atoms with Gasteiger partial charge in [0.1, 0.15) is 12.2 Å². The lowest BCUT2D eigenvalue weighted by Crippen LogP contribution is -2.40. The molecular weight excluding hydrogens is 282 g/mol. The fourth-order valence-corrected chi connectivity index (χ4v) is 2.04. The summed E-state index contributed by atoms with van der Waals surface area (Å²) in [6, 6.07) is -0.170. The summed E-state index contributed by atoms with van der Waals surface area (Å²) in [5, 5.41) is 21.5. The predicted octanol–water partition coefficient (Wildman–Crippen LogP) is 0.304. The molecule has 3 N–H and O–H groups in total. The molecular formula is C11H19N5O3S. The summed E-state index contributed by atoms with van der Waals surface area (Å²) in [7, 11) is 0. The van der Waals surface area contributed by atoms with Crippen LogP contribution in [0.1, 0.15) is 19.0 Å². The Bertz CT molecular complexity index is 451. The van der Waals surface area contributed by atoms with Crippen LogP contribution in [0, 0.1) is 0 Å². The predicted molar refractivity (Wildman–Crippen MR) is 75.5 cm³/mol. The van der Waals surface area contributed by atoms with Gasteiger partial charge in [-0.3, -0.25) is 4.79 Å². The van der Waals surface area contributed by atoms with Gasteiger partial charge in [-0.25, -0.2) is 9.48 Å². The highest BCUT2D eigenvalue weighted by Gasteiger charge is 2.08. The first-order chi connectivity index (χ1) is 9.51. The molecule has 8 nitrogen and oxygen atoms in total. The molecule has 0 radical (unpaired) electrons. The van der Waals surface area contributed by atoms with E-state index >= 15 is 0 Å². The molecule has 1 heterocycles. The van der Waals surface area contributed by atoms with E-state index in [1.165, 1.54) is 10.9 Å². The van der Waals surface area contributed by atoms with Gasteiger partial charge in [0.2, 0.25) is 0 Å². The molecule has 1 aromatic rings. The van der Waals surface area contributed by atoms with Crippen LogP contribution < -0.4 is 10.6 Å². The lowest BCUT2D eigenvalue weighted by molar-refractivity contribution is -0.137. The van der Waals surface area contributed by atoms with Crippen molar-refractivity contribution in [2.45, 2.75) is 32.5 Å². The number of nitrogens with zero attached hydrogens (tertiary/aromatic N) is 3. The molecule has 2 amide bonds. The molecule has 0 saturated carbocycles. The summed E-state index contributed by atoms with van der Waals surface area (Å²) in [5.41, 5.74) is 0.512. The molecule has 0 aliphatic carbocycles. The second kappa shape index (κ2) is 8.41. The van der Waals surface area contributed by atoms with Gasteiger partial charge in [0, 0.05) is 6.04 Å². The van der Waals surface area contributed by atoms with Gasteiger partial charge in [0.25, 0.3) is 0 Å². The Balaban J connectivity index is 2.30. The maximum absolute atomic E-state index is 11.6. The molecule has 1 aromatic heterocycles. The number of carbonyl (C=O) groups is 2. The van der Waals surface area contributed by atoms with Gasteiger partial charge >= 0.3 is 12.0 Å². The third-order valence-electron chi connectivity index (χ3n) is 2.45. The minimum Gasteiger partial charge on any atom is -0.480 e.